The van der Waals surface area contributed by atoms with Gasteiger partial charge >= 0.3 is 0 Å². The second kappa shape index (κ2) is 11.8. The number of thioether (sulfide) groups is 1. The highest BCUT2D eigenvalue weighted by atomic mass is 79.9. The second-order valence-corrected chi connectivity index (χ2v) is 11.0. The quantitative estimate of drug-likeness (QED) is 0.106. The van der Waals surface area contributed by atoms with Crippen LogP contribution in [0.2, 0.25) is 15.1 Å². The summed E-state index contributed by atoms with van der Waals surface area (Å²) in [6, 6.07) is 17.9. The van der Waals surface area contributed by atoms with E-state index in [-0.39, 0.29) is 18.1 Å². The molecule has 12 heteroatoms. The molecule has 0 N–H and O–H groups in total. The van der Waals surface area contributed by atoms with Crippen molar-refractivity contribution in [1.82, 2.24) is 14.8 Å². The van der Waals surface area contributed by atoms with Crippen molar-refractivity contribution < 1.29 is 9.66 Å². The Hall–Kier alpha value is -2.30. The van der Waals surface area contributed by atoms with Gasteiger partial charge in [-0.05, 0) is 67.1 Å². The zero-order chi connectivity index (χ0) is 25.8. The zero-order valence-corrected chi connectivity index (χ0v) is 23.4. The molecule has 1 aromatic heterocycles. The number of nitrogens with zero attached hydrogens (tertiary/aromatic N) is 4. The summed E-state index contributed by atoms with van der Waals surface area (Å²) in [6.07, 6.45) is 0. The van der Waals surface area contributed by atoms with Gasteiger partial charge in [-0.25, -0.2) is 0 Å². The smallest absolute Gasteiger partial charge is 0.220 e. The van der Waals surface area contributed by atoms with Gasteiger partial charge in [0.15, 0.2) is 5.16 Å². The van der Waals surface area contributed by atoms with Gasteiger partial charge < -0.3 is 4.74 Å². The van der Waals surface area contributed by atoms with Crippen molar-refractivity contribution in [2.75, 3.05) is 6.54 Å². The third kappa shape index (κ3) is 6.52. The molecule has 0 unspecified atom stereocenters. The standard InChI is InChI=1S/C24H18BrCl3N4O3S/c1-14-29-30-24(32(14)18-6-4-17(26)5-7-18)36-23(12-31(33)34)19-11-16(25)3-9-22(19)35-13-15-2-8-20(27)21(28)10-15/h2-11,23H,12-13H2,1H3/t23-/m1/s1. The van der Waals surface area contributed by atoms with E-state index in [9.17, 15) is 10.1 Å². The average Bonchev–Trinajstić information content (AvgIpc) is 3.20. The van der Waals surface area contributed by atoms with Gasteiger partial charge in [0.1, 0.15) is 23.4 Å². The van der Waals surface area contributed by atoms with Crippen molar-refractivity contribution in [2.24, 2.45) is 0 Å². The van der Waals surface area contributed by atoms with Crippen LogP contribution in [0.25, 0.3) is 5.69 Å². The van der Waals surface area contributed by atoms with Crippen molar-refractivity contribution in [3.8, 4) is 11.4 Å². The van der Waals surface area contributed by atoms with Crippen molar-refractivity contribution in [3.05, 3.63) is 107 Å². The van der Waals surface area contributed by atoms with Crippen LogP contribution in [0, 0.1) is 17.0 Å². The van der Waals surface area contributed by atoms with Crippen molar-refractivity contribution in [3.63, 3.8) is 0 Å². The van der Waals surface area contributed by atoms with E-state index in [1.165, 1.54) is 11.8 Å². The maximum atomic E-state index is 11.7. The van der Waals surface area contributed by atoms with Crippen LogP contribution in [0.3, 0.4) is 0 Å². The van der Waals surface area contributed by atoms with E-state index in [2.05, 4.69) is 26.1 Å². The van der Waals surface area contributed by atoms with E-state index in [1.54, 1.807) is 30.3 Å². The third-order valence-electron chi connectivity index (χ3n) is 5.14. The van der Waals surface area contributed by atoms with Gasteiger partial charge in [-0.1, -0.05) is 68.6 Å². The highest BCUT2D eigenvalue weighted by Gasteiger charge is 2.27. The summed E-state index contributed by atoms with van der Waals surface area (Å²) in [5, 5.41) is 21.5. The Labute approximate surface area is 235 Å². The fraction of sp³-hybridized carbons (Fsp3) is 0.167. The van der Waals surface area contributed by atoms with Gasteiger partial charge in [-0.2, -0.15) is 0 Å². The van der Waals surface area contributed by atoms with Crippen LogP contribution < -0.4 is 4.74 Å². The Kier molecular flexibility index (Phi) is 8.79. The lowest BCUT2D eigenvalue weighted by molar-refractivity contribution is -0.479. The summed E-state index contributed by atoms with van der Waals surface area (Å²) in [5.74, 6) is 1.16. The highest BCUT2D eigenvalue weighted by Crippen LogP contribution is 2.41. The molecule has 36 heavy (non-hydrogen) atoms. The van der Waals surface area contributed by atoms with E-state index < -0.39 is 5.25 Å². The minimum atomic E-state index is -0.615. The van der Waals surface area contributed by atoms with Crippen molar-refractivity contribution in [2.45, 2.75) is 23.9 Å². The molecule has 0 spiro atoms. The van der Waals surface area contributed by atoms with Gasteiger partial charge in [-0.15, -0.1) is 10.2 Å². The van der Waals surface area contributed by atoms with Gasteiger partial charge in [0.25, 0.3) is 0 Å². The number of aromatic nitrogens is 3. The number of aryl methyl sites for hydroxylation is 1. The summed E-state index contributed by atoms with van der Waals surface area (Å²) >= 11 is 22.9. The molecule has 186 valence electrons. The Morgan fingerprint density at radius 1 is 1.06 bits per heavy atom. The highest BCUT2D eigenvalue weighted by molar-refractivity contribution is 9.10. The van der Waals surface area contributed by atoms with Crippen LogP contribution in [0.1, 0.15) is 22.2 Å². The summed E-state index contributed by atoms with van der Waals surface area (Å²) in [6.45, 7) is 1.68. The van der Waals surface area contributed by atoms with Crippen LogP contribution in [0.5, 0.6) is 5.75 Å². The summed E-state index contributed by atoms with van der Waals surface area (Å²) < 4.78 is 8.69. The Morgan fingerprint density at radius 2 is 1.81 bits per heavy atom. The van der Waals surface area contributed by atoms with E-state index in [1.807, 2.05) is 41.8 Å². The van der Waals surface area contributed by atoms with Gasteiger partial charge in [-0.3, -0.25) is 14.7 Å². The molecule has 0 radical (unpaired) electrons. The monoisotopic (exact) mass is 626 g/mol. The Balaban J connectivity index is 1.67. The van der Waals surface area contributed by atoms with E-state index in [4.69, 9.17) is 39.5 Å². The van der Waals surface area contributed by atoms with Gasteiger partial charge in [0.05, 0.1) is 10.0 Å². The number of rotatable bonds is 9. The van der Waals surface area contributed by atoms with E-state index in [0.29, 0.717) is 37.4 Å². The predicted octanol–water partition coefficient (Wildman–Crippen LogP) is 7.99. The molecule has 3 aromatic carbocycles. The molecule has 0 saturated carbocycles. The SMILES string of the molecule is Cc1nnc(S[C@H](C[N+](=O)[O-])c2cc(Br)ccc2OCc2ccc(Cl)c(Cl)c2)n1-c1ccc(Cl)cc1. The lowest BCUT2D eigenvalue weighted by Crippen LogP contribution is -2.12. The van der Waals surface area contributed by atoms with E-state index >= 15 is 0 Å². The number of halogens is 4. The zero-order valence-electron chi connectivity index (χ0n) is 18.7. The van der Waals surface area contributed by atoms with Crippen LogP contribution >= 0.6 is 62.5 Å². The number of hydrogen-bond acceptors (Lipinski definition) is 6. The summed E-state index contributed by atoms with van der Waals surface area (Å²) in [7, 11) is 0. The molecule has 7 nitrogen and oxygen atoms in total. The molecule has 1 atom stereocenters. The topological polar surface area (TPSA) is 83.1 Å². The molecule has 4 rings (SSSR count). The van der Waals surface area contributed by atoms with Gasteiger partial charge in [0.2, 0.25) is 6.54 Å². The molecule has 0 bridgehead atoms. The molecular formula is C24H18BrCl3N4O3S. The minimum Gasteiger partial charge on any atom is -0.489 e. The fourth-order valence-corrected chi connectivity index (χ4v) is 5.48. The summed E-state index contributed by atoms with van der Waals surface area (Å²) in [5.41, 5.74) is 2.26. The number of benzene rings is 3. The lowest BCUT2D eigenvalue weighted by atomic mass is 10.1. The minimum absolute atomic E-state index is 0.210. The van der Waals surface area contributed by atoms with Crippen LogP contribution in [0.4, 0.5) is 0 Å². The predicted molar refractivity (Wildman–Crippen MR) is 147 cm³/mol. The molecule has 0 aliphatic carbocycles. The fourth-order valence-electron chi connectivity index (χ4n) is 3.46. The number of hydrogen-bond donors (Lipinski definition) is 0. The molecule has 0 saturated heterocycles. The molecule has 0 aliphatic rings. The molecule has 0 fully saturated rings. The second-order valence-electron chi connectivity index (χ2n) is 7.68. The van der Waals surface area contributed by atoms with Crippen LogP contribution in [-0.4, -0.2) is 26.2 Å². The first-order valence-corrected chi connectivity index (χ1v) is 13.3. The van der Waals surface area contributed by atoms with Crippen LogP contribution in [0.15, 0.2) is 70.3 Å². The molecule has 0 amide bonds. The third-order valence-corrected chi connectivity index (χ3v) is 7.79. The van der Waals surface area contributed by atoms with Crippen molar-refractivity contribution in [1.29, 1.82) is 0 Å². The number of nitro groups is 1. The maximum absolute atomic E-state index is 11.7. The normalized spacial score (nSPS) is 11.9. The number of ether oxygens (including phenoxy) is 1. The first kappa shape index (κ1) is 26.8. The lowest BCUT2D eigenvalue weighted by Gasteiger charge is -2.18. The van der Waals surface area contributed by atoms with E-state index in [0.717, 1.165) is 15.7 Å². The molecule has 1 heterocycles. The molecule has 0 aliphatic heterocycles. The van der Waals surface area contributed by atoms with Crippen molar-refractivity contribution >= 4 is 62.5 Å². The molecule has 4 aromatic rings. The average molecular weight is 629 g/mol. The Morgan fingerprint density at radius 3 is 2.50 bits per heavy atom. The Bertz CT molecular complexity index is 1400. The van der Waals surface area contributed by atoms with Crippen LogP contribution in [-0.2, 0) is 6.61 Å². The van der Waals surface area contributed by atoms with Gasteiger partial charge in [0, 0.05) is 25.7 Å². The maximum Gasteiger partial charge on any atom is 0.220 e. The molecular weight excluding hydrogens is 611 g/mol. The largest absolute Gasteiger partial charge is 0.489 e. The first-order valence-electron chi connectivity index (χ1n) is 10.5. The summed E-state index contributed by atoms with van der Waals surface area (Å²) in [4.78, 5) is 11.3. The first-order chi connectivity index (χ1) is 17.2.